The molecular formula is C18H19N5OS. The topological polar surface area (TPSA) is 72.7 Å². The van der Waals surface area contributed by atoms with Crippen LogP contribution in [-0.4, -0.2) is 31.4 Å². The summed E-state index contributed by atoms with van der Waals surface area (Å²) < 4.78 is 1.97. The SMILES string of the molecule is CCn1c(SCC(=O)NCc2ccccc2)nnc1-c1ccccn1. The molecule has 0 bridgehead atoms. The Morgan fingerprint density at radius 2 is 1.92 bits per heavy atom. The van der Waals surface area contributed by atoms with E-state index < -0.39 is 0 Å². The number of rotatable bonds is 7. The van der Waals surface area contributed by atoms with E-state index in [0.717, 1.165) is 22.2 Å². The van der Waals surface area contributed by atoms with Gasteiger partial charge in [-0.3, -0.25) is 9.78 Å². The van der Waals surface area contributed by atoms with Crippen molar-refractivity contribution < 1.29 is 4.79 Å². The molecule has 0 saturated carbocycles. The van der Waals surface area contributed by atoms with Gasteiger partial charge >= 0.3 is 0 Å². The minimum atomic E-state index is -0.0288. The molecule has 2 heterocycles. The van der Waals surface area contributed by atoms with E-state index in [1.54, 1.807) is 6.20 Å². The monoisotopic (exact) mass is 353 g/mol. The third-order valence-electron chi connectivity index (χ3n) is 3.59. The number of hydrogen-bond donors (Lipinski definition) is 1. The predicted molar refractivity (Wildman–Crippen MR) is 97.9 cm³/mol. The lowest BCUT2D eigenvalue weighted by Crippen LogP contribution is -2.24. The van der Waals surface area contributed by atoms with Gasteiger partial charge in [0, 0.05) is 19.3 Å². The van der Waals surface area contributed by atoms with Crippen molar-refractivity contribution in [3.05, 3.63) is 60.3 Å². The number of nitrogens with zero attached hydrogens (tertiary/aromatic N) is 4. The first kappa shape index (κ1) is 17.2. The molecular weight excluding hydrogens is 334 g/mol. The lowest BCUT2D eigenvalue weighted by molar-refractivity contribution is -0.118. The van der Waals surface area contributed by atoms with Gasteiger partial charge in [0.15, 0.2) is 11.0 Å². The van der Waals surface area contributed by atoms with Gasteiger partial charge in [0.05, 0.1) is 5.75 Å². The van der Waals surface area contributed by atoms with E-state index in [2.05, 4.69) is 20.5 Å². The van der Waals surface area contributed by atoms with Gasteiger partial charge < -0.3 is 9.88 Å². The van der Waals surface area contributed by atoms with E-state index in [1.165, 1.54) is 11.8 Å². The fourth-order valence-corrected chi connectivity index (χ4v) is 3.17. The van der Waals surface area contributed by atoms with Crippen molar-refractivity contribution in [2.75, 3.05) is 5.75 Å². The Kier molecular flexibility index (Phi) is 5.79. The number of carbonyl (C=O) groups is 1. The Morgan fingerprint density at radius 1 is 1.12 bits per heavy atom. The molecule has 0 saturated heterocycles. The Balaban J connectivity index is 1.60. The number of benzene rings is 1. The van der Waals surface area contributed by atoms with E-state index in [0.29, 0.717) is 18.8 Å². The number of amides is 1. The molecule has 1 amide bonds. The fraction of sp³-hybridized carbons (Fsp3) is 0.222. The van der Waals surface area contributed by atoms with Gasteiger partial charge in [0.1, 0.15) is 5.69 Å². The first-order valence-corrected chi connectivity index (χ1v) is 9.04. The zero-order chi connectivity index (χ0) is 17.5. The maximum atomic E-state index is 12.1. The van der Waals surface area contributed by atoms with Crippen LogP contribution in [0.1, 0.15) is 12.5 Å². The van der Waals surface area contributed by atoms with E-state index in [4.69, 9.17) is 0 Å². The molecule has 0 atom stereocenters. The Bertz CT molecular complexity index is 820. The van der Waals surface area contributed by atoms with Crippen LogP contribution in [0.15, 0.2) is 59.9 Å². The lowest BCUT2D eigenvalue weighted by Gasteiger charge is -2.07. The predicted octanol–water partition coefficient (Wildman–Crippen LogP) is 2.77. The van der Waals surface area contributed by atoms with Gasteiger partial charge in [0.25, 0.3) is 0 Å². The summed E-state index contributed by atoms with van der Waals surface area (Å²) in [5, 5.41) is 12.1. The van der Waals surface area contributed by atoms with Crippen LogP contribution >= 0.6 is 11.8 Å². The van der Waals surface area contributed by atoms with Gasteiger partial charge in [-0.1, -0.05) is 48.2 Å². The summed E-state index contributed by atoms with van der Waals surface area (Å²) in [6.07, 6.45) is 1.73. The molecule has 128 valence electrons. The normalized spacial score (nSPS) is 10.6. The highest BCUT2D eigenvalue weighted by molar-refractivity contribution is 7.99. The summed E-state index contributed by atoms with van der Waals surface area (Å²) >= 11 is 1.38. The Hall–Kier alpha value is -2.67. The number of hydrogen-bond acceptors (Lipinski definition) is 5. The number of thioether (sulfide) groups is 1. The zero-order valence-corrected chi connectivity index (χ0v) is 14.7. The molecule has 0 aliphatic heterocycles. The largest absolute Gasteiger partial charge is 0.351 e. The van der Waals surface area contributed by atoms with Crippen LogP contribution in [0.2, 0.25) is 0 Å². The van der Waals surface area contributed by atoms with Crippen molar-refractivity contribution in [2.24, 2.45) is 0 Å². The van der Waals surface area contributed by atoms with Crippen LogP contribution in [0, 0.1) is 0 Å². The Morgan fingerprint density at radius 3 is 2.64 bits per heavy atom. The molecule has 1 aromatic carbocycles. The van der Waals surface area contributed by atoms with Crippen molar-refractivity contribution in [3.8, 4) is 11.5 Å². The minimum Gasteiger partial charge on any atom is -0.351 e. The van der Waals surface area contributed by atoms with Crippen LogP contribution in [0.25, 0.3) is 11.5 Å². The first-order chi connectivity index (χ1) is 12.3. The third-order valence-corrected chi connectivity index (χ3v) is 4.56. The summed E-state index contributed by atoms with van der Waals surface area (Å²) in [5.41, 5.74) is 1.85. The molecule has 0 radical (unpaired) electrons. The Labute approximate surface area is 150 Å². The van der Waals surface area contributed by atoms with Gasteiger partial charge in [-0.25, -0.2) is 0 Å². The quantitative estimate of drug-likeness (QED) is 0.661. The van der Waals surface area contributed by atoms with Crippen LogP contribution in [-0.2, 0) is 17.9 Å². The molecule has 0 spiro atoms. The average Bonchev–Trinajstić information content (AvgIpc) is 3.09. The summed E-state index contributed by atoms with van der Waals surface area (Å²) in [7, 11) is 0. The van der Waals surface area contributed by atoms with Crippen molar-refractivity contribution in [1.82, 2.24) is 25.1 Å². The van der Waals surface area contributed by atoms with Gasteiger partial charge in [0.2, 0.25) is 5.91 Å². The fourth-order valence-electron chi connectivity index (χ4n) is 2.34. The third kappa shape index (κ3) is 4.45. The van der Waals surface area contributed by atoms with Crippen molar-refractivity contribution in [2.45, 2.75) is 25.2 Å². The lowest BCUT2D eigenvalue weighted by atomic mass is 10.2. The molecule has 2 aromatic heterocycles. The van der Waals surface area contributed by atoms with E-state index in [-0.39, 0.29) is 5.91 Å². The second-order valence-corrected chi connectivity index (χ2v) is 6.26. The van der Waals surface area contributed by atoms with E-state index >= 15 is 0 Å². The molecule has 6 nitrogen and oxygen atoms in total. The second-order valence-electron chi connectivity index (χ2n) is 5.32. The van der Waals surface area contributed by atoms with Crippen molar-refractivity contribution in [1.29, 1.82) is 0 Å². The maximum Gasteiger partial charge on any atom is 0.230 e. The minimum absolute atomic E-state index is 0.0288. The van der Waals surface area contributed by atoms with Crippen LogP contribution in [0.3, 0.4) is 0 Å². The molecule has 1 N–H and O–H groups in total. The number of carbonyl (C=O) groups excluding carboxylic acids is 1. The molecule has 0 fully saturated rings. The maximum absolute atomic E-state index is 12.1. The van der Waals surface area contributed by atoms with Crippen LogP contribution in [0.4, 0.5) is 0 Å². The molecule has 3 rings (SSSR count). The van der Waals surface area contributed by atoms with Crippen LogP contribution < -0.4 is 5.32 Å². The zero-order valence-electron chi connectivity index (χ0n) is 13.9. The summed E-state index contributed by atoms with van der Waals surface area (Å²) in [6.45, 7) is 3.27. The number of pyridine rings is 1. The van der Waals surface area contributed by atoms with Gasteiger partial charge in [-0.2, -0.15) is 0 Å². The number of aromatic nitrogens is 4. The summed E-state index contributed by atoms with van der Waals surface area (Å²) in [6, 6.07) is 15.5. The van der Waals surface area contributed by atoms with Gasteiger partial charge in [-0.05, 0) is 24.6 Å². The first-order valence-electron chi connectivity index (χ1n) is 8.06. The van der Waals surface area contributed by atoms with E-state index in [9.17, 15) is 4.79 Å². The molecule has 7 heteroatoms. The van der Waals surface area contributed by atoms with E-state index in [1.807, 2.05) is 60.0 Å². The highest BCUT2D eigenvalue weighted by atomic mass is 32.2. The van der Waals surface area contributed by atoms with Crippen molar-refractivity contribution in [3.63, 3.8) is 0 Å². The standard InChI is InChI=1S/C18H19N5OS/c1-2-23-17(15-10-6-7-11-19-15)21-22-18(23)25-13-16(24)20-12-14-8-4-3-5-9-14/h3-11H,2,12-13H2,1H3,(H,20,24). The number of nitrogens with one attached hydrogen (secondary N) is 1. The second kappa shape index (κ2) is 8.43. The summed E-state index contributed by atoms with van der Waals surface area (Å²) in [5.74, 6) is 0.988. The molecule has 0 aliphatic carbocycles. The molecule has 0 aliphatic rings. The molecule has 0 unspecified atom stereocenters. The molecule has 3 aromatic rings. The average molecular weight is 353 g/mol. The van der Waals surface area contributed by atoms with Crippen LogP contribution in [0.5, 0.6) is 0 Å². The van der Waals surface area contributed by atoms with Crippen molar-refractivity contribution >= 4 is 17.7 Å². The summed E-state index contributed by atoms with van der Waals surface area (Å²) in [4.78, 5) is 16.4. The highest BCUT2D eigenvalue weighted by Crippen LogP contribution is 2.22. The molecule has 25 heavy (non-hydrogen) atoms. The highest BCUT2D eigenvalue weighted by Gasteiger charge is 2.15. The smallest absolute Gasteiger partial charge is 0.230 e. The van der Waals surface area contributed by atoms with Gasteiger partial charge in [-0.15, -0.1) is 10.2 Å².